The highest BCUT2D eigenvalue weighted by Crippen LogP contribution is 2.27. The Hall–Kier alpha value is -1.36. The van der Waals surface area contributed by atoms with Crippen LogP contribution in [-0.4, -0.2) is 19.0 Å². The number of nitrogens with one attached hydrogen (secondary N) is 2. The van der Waals surface area contributed by atoms with E-state index >= 15 is 0 Å². The molecule has 0 radical (unpaired) electrons. The summed E-state index contributed by atoms with van der Waals surface area (Å²) in [5.74, 6) is 0.288. The molecule has 0 saturated carbocycles. The first kappa shape index (κ1) is 16.0. The molecule has 2 heterocycles. The molecule has 3 nitrogen and oxygen atoms in total. The number of anilines is 1. The fourth-order valence-corrected chi connectivity index (χ4v) is 3.25. The molecule has 3 rings (SSSR count). The lowest BCUT2D eigenvalue weighted by Crippen LogP contribution is -2.34. The maximum Gasteiger partial charge on any atom is 0.227 e. The first-order valence-corrected chi connectivity index (χ1v) is 7.86. The van der Waals surface area contributed by atoms with E-state index in [1.807, 2.05) is 24.3 Å². The molecular weight excluding hydrogens is 304 g/mol. The van der Waals surface area contributed by atoms with E-state index in [2.05, 4.69) is 28.1 Å². The smallest absolute Gasteiger partial charge is 0.227 e. The van der Waals surface area contributed by atoms with Crippen molar-refractivity contribution in [1.29, 1.82) is 0 Å². The van der Waals surface area contributed by atoms with Crippen LogP contribution in [0.3, 0.4) is 0 Å². The molecule has 0 aliphatic carbocycles. The number of rotatable bonds is 3. The van der Waals surface area contributed by atoms with Crippen LogP contribution in [0.2, 0.25) is 0 Å². The number of halogens is 1. The Bertz CT molecular complexity index is 580. The molecular formula is C16H19ClN2OS. The van der Waals surface area contributed by atoms with Gasteiger partial charge in [-0.2, -0.15) is 0 Å². The number of carbonyl (C=O) groups is 1. The number of benzene rings is 1. The number of hydrogen-bond acceptors (Lipinski definition) is 3. The summed E-state index contributed by atoms with van der Waals surface area (Å²) in [5, 5.41) is 8.40. The highest BCUT2D eigenvalue weighted by Gasteiger charge is 2.20. The summed E-state index contributed by atoms with van der Waals surface area (Å²) < 4.78 is 0. The average molecular weight is 323 g/mol. The molecule has 1 amide bonds. The SMILES string of the molecule is Cl.O=C(Nc1cccc(-c2cccs2)c1)C1CCNCC1. The van der Waals surface area contributed by atoms with Crippen molar-refractivity contribution < 1.29 is 4.79 Å². The normalized spacial score (nSPS) is 15.2. The summed E-state index contributed by atoms with van der Waals surface area (Å²) in [6.07, 6.45) is 1.85. The largest absolute Gasteiger partial charge is 0.326 e. The summed E-state index contributed by atoms with van der Waals surface area (Å²) in [6.45, 7) is 1.88. The van der Waals surface area contributed by atoms with E-state index in [0.29, 0.717) is 0 Å². The maximum atomic E-state index is 12.2. The van der Waals surface area contributed by atoms with Gasteiger partial charge in [-0.3, -0.25) is 4.79 Å². The maximum absolute atomic E-state index is 12.2. The van der Waals surface area contributed by atoms with E-state index in [9.17, 15) is 4.79 Å². The van der Waals surface area contributed by atoms with Crippen molar-refractivity contribution in [3.05, 3.63) is 41.8 Å². The van der Waals surface area contributed by atoms with E-state index in [0.717, 1.165) is 37.2 Å². The van der Waals surface area contributed by atoms with Gasteiger partial charge in [0, 0.05) is 16.5 Å². The van der Waals surface area contributed by atoms with Gasteiger partial charge < -0.3 is 10.6 Å². The zero-order chi connectivity index (χ0) is 13.8. The van der Waals surface area contributed by atoms with Crippen molar-refractivity contribution in [1.82, 2.24) is 5.32 Å². The molecule has 2 aromatic rings. The minimum atomic E-state index is 0. The van der Waals surface area contributed by atoms with Crippen LogP contribution in [0.25, 0.3) is 10.4 Å². The minimum absolute atomic E-state index is 0. The van der Waals surface area contributed by atoms with Gasteiger partial charge in [-0.25, -0.2) is 0 Å². The van der Waals surface area contributed by atoms with E-state index in [-0.39, 0.29) is 24.2 Å². The summed E-state index contributed by atoms with van der Waals surface area (Å²) in [6, 6.07) is 12.2. The lowest BCUT2D eigenvalue weighted by molar-refractivity contribution is -0.120. The topological polar surface area (TPSA) is 41.1 Å². The van der Waals surface area contributed by atoms with Gasteiger partial charge in [0.2, 0.25) is 5.91 Å². The number of piperidine rings is 1. The number of hydrogen-bond donors (Lipinski definition) is 2. The standard InChI is InChI=1S/C16H18N2OS.ClH/c19-16(12-6-8-17-9-7-12)18-14-4-1-3-13(11-14)15-5-2-10-20-15;/h1-5,10-12,17H,6-9H2,(H,18,19);1H. The second-order valence-corrected chi connectivity index (χ2v) is 6.02. The molecule has 21 heavy (non-hydrogen) atoms. The Morgan fingerprint density at radius 3 is 2.71 bits per heavy atom. The molecule has 0 spiro atoms. The van der Waals surface area contributed by atoms with Gasteiger partial charge in [0.25, 0.3) is 0 Å². The van der Waals surface area contributed by atoms with Crippen molar-refractivity contribution in [2.45, 2.75) is 12.8 Å². The summed E-state index contributed by atoms with van der Waals surface area (Å²) in [5.41, 5.74) is 2.04. The Kier molecular flexibility index (Phi) is 5.79. The second-order valence-electron chi connectivity index (χ2n) is 5.07. The Morgan fingerprint density at radius 1 is 1.19 bits per heavy atom. The summed E-state index contributed by atoms with van der Waals surface area (Å²) >= 11 is 1.71. The molecule has 1 aromatic heterocycles. The first-order valence-electron chi connectivity index (χ1n) is 6.98. The van der Waals surface area contributed by atoms with Crippen LogP contribution in [0.5, 0.6) is 0 Å². The van der Waals surface area contributed by atoms with Crippen molar-refractivity contribution in [3.63, 3.8) is 0 Å². The van der Waals surface area contributed by atoms with Gasteiger partial charge in [-0.15, -0.1) is 23.7 Å². The third-order valence-corrected chi connectivity index (χ3v) is 4.56. The van der Waals surface area contributed by atoms with E-state index < -0.39 is 0 Å². The van der Waals surface area contributed by atoms with Crippen molar-refractivity contribution in [3.8, 4) is 10.4 Å². The van der Waals surface area contributed by atoms with Crippen LogP contribution in [0.15, 0.2) is 41.8 Å². The quantitative estimate of drug-likeness (QED) is 0.903. The summed E-state index contributed by atoms with van der Waals surface area (Å²) in [7, 11) is 0. The van der Waals surface area contributed by atoms with Crippen LogP contribution < -0.4 is 10.6 Å². The van der Waals surface area contributed by atoms with Crippen molar-refractivity contribution >= 4 is 35.3 Å². The molecule has 1 aliphatic rings. The van der Waals surface area contributed by atoms with Crippen molar-refractivity contribution in [2.75, 3.05) is 18.4 Å². The van der Waals surface area contributed by atoms with E-state index in [1.54, 1.807) is 11.3 Å². The second kappa shape index (κ2) is 7.59. The van der Waals surface area contributed by atoms with Gasteiger partial charge >= 0.3 is 0 Å². The van der Waals surface area contributed by atoms with Gasteiger partial charge in [0.05, 0.1) is 0 Å². The van der Waals surface area contributed by atoms with Gasteiger partial charge in [0.15, 0.2) is 0 Å². The van der Waals surface area contributed by atoms with E-state index in [4.69, 9.17) is 0 Å². The molecule has 1 aromatic carbocycles. The Labute approximate surface area is 135 Å². The van der Waals surface area contributed by atoms with E-state index in [1.165, 1.54) is 4.88 Å². The van der Waals surface area contributed by atoms with Crippen LogP contribution in [0.1, 0.15) is 12.8 Å². The van der Waals surface area contributed by atoms with Gasteiger partial charge in [-0.1, -0.05) is 18.2 Å². The lowest BCUT2D eigenvalue weighted by Gasteiger charge is -2.21. The third-order valence-electron chi connectivity index (χ3n) is 3.65. The molecule has 1 aliphatic heterocycles. The lowest BCUT2D eigenvalue weighted by atomic mass is 9.97. The van der Waals surface area contributed by atoms with Crippen LogP contribution in [0.4, 0.5) is 5.69 Å². The fourth-order valence-electron chi connectivity index (χ4n) is 2.52. The van der Waals surface area contributed by atoms with Crippen molar-refractivity contribution in [2.24, 2.45) is 5.92 Å². The molecule has 0 bridgehead atoms. The van der Waals surface area contributed by atoms with Crippen LogP contribution in [-0.2, 0) is 4.79 Å². The number of thiophene rings is 1. The highest BCUT2D eigenvalue weighted by atomic mass is 35.5. The Morgan fingerprint density at radius 2 is 2.00 bits per heavy atom. The third kappa shape index (κ3) is 4.06. The number of amides is 1. The molecule has 5 heteroatoms. The molecule has 1 fully saturated rings. The van der Waals surface area contributed by atoms with Gasteiger partial charge in [-0.05, 0) is 55.1 Å². The minimum Gasteiger partial charge on any atom is -0.326 e. The average Bonchev–Trinajstić information content (AvgIpc) is 3.03. The predicted molar refractivity (Wildman–Crippen MR) is 91.2 cm³/mol. The first-order chi connectivity index (χ1) is 9.83. The predicted octanol–water partition coefficient (Wildman–Crippen LogP) is 3.78. The van der Waals surface area contributed by atoms with Crippen LogP contribution in [0, 0.1) is 5.92 Å². The highest BCUT2D eigenvalue weighted by molar-refractivity contribution is 7.13. The fraction of sp³-hybridized carbons (Fsp3) is 0.312. The zero-order valence-electron chi connectivity index (χ0n) is 11.7. The number of carbonyl (C=O) groups excluding carboxylic acids is 1. The van der Waals surface area contributed by atoms with Crippen LogP contribution >= 0.6 is 23.7 Å². The zero-order valence-corrected chi connectivity index (χ0v) is 13.3. The molecule has 0 atom stereocenters. The summed E-state index contributed by atoms with van der Waals surface area (Å²) in [4.78, 5) is 13.5. The molecule has 0 unspecified atom stereocenters. The van der Waals surface area contributed by atoms with Gasteiger partial charge in [0.1, 0.15) is 0 Å². The Balaban J connectivity index is 0.00000161. The monoisotopic (exact) mass is 322 g/mol. The molecule has 2 N–H and O–H groups in total. The molecule has 1 saturated heterocycles. The molecule has 112 valence electrons.